The van der Waals surface area contributed by atoms with Gasteiger partial charge in [-0.15, -0.1) is 0 Å². The number of nitrogens with zero attached hydrogens (tertiary/aromatic N) is 1. The molecule has 7 heteroatoms. The minimum atomic E-state index is -4.51. The first-order valence-corrected chi connectivity index (χ1v) is 19.1. The van der Waals surface area contributed by atoms with Crippen molar-refractivity contribution in [3.63, 3.8) is 0 Å². The van der Waals surface area contributed by atoms with Crippen LogP contribution in [-0.2, 0) is 23.3 Å². The minimum absolute atomic E-state index is 0.0811. The van der Waals surface area contributed by atoms with Gasteiger partial charge < -0.3 is 10.2 Å². The molecule has 0 radical (unpaired) electrons. The van der Waals surface area contributed by atoms with Gasteiger partial charge in [-0.05, 0) is 25.0 Å². The molecule has 0 unspecified atom stereocenters. The number of benzene rings is 5. The number of phenolic OH excluding ortho intramolecular Hbond substituents is 1. The number of alkyl halides is 3. The second kappa shape index (κ2) is 18.5. The topological polar surface area (TPSA) is 52.8 Å². The third-order valence-corrected chi connectivity index (χ3v) is 10.7. The Morgan fingerprint density at radius 1 is 0.588 bits per heavy atom. The summed E-state index contributed by atoms with van der Waals surface area (Å²) >= 11 is -0.553. The van der Waals surface area contributed by atoms with E-state index >= 15 is 0 Å². The fraction of sp³-hybridized carbons (Fsp3) is 0.295. The molecule has 0 saturated carbocycles. The minimum Gasteiger partial charge on any atom is -0.507 e. The number of para-hydroxylation sites is 1. The van der Waals surface area contributed by atoms with Crippen LogP contribution in [0.4, 0.5) is 18.9 Å². The summed E-state index contributed by atoms with van der Waals surface area (Å²) in [6.45, 7) is 15.0. The van der Waals surface area contributed by atoms with Crippen LogP contribution in [0.5, 0.6) is 5.75 Å². The quantitative estimate of drug-likeness (QED) is 0.162. The number of aliphatic hydroxyl groups is 1. The van der Waals surface area contributed by atoms with Crippen LogP contribution in [0.1, 0.15) is 83.9 Å². The van der Waals surface area contributed by atoms with E-state index in [-0.39, 0.29) is 5.41 Å². The monoisotopic (exact) mass is 779 g/mol. The summed E-state index contributed by atoms with van der Waals surface area (Å²) in [6, 6.07) is 43.1. The third kappa shape index (κ3) is 12.0. The number of halogens is 3. The Labute approximate surface area is 310 Å². The standard InChI is InChI=1S/C18H14O.C12H17N.C10H12.C4H7F3O.Mo/c19-18-16(14-8-3-1-4-9-14)12-7-13-17(18)15-10-5-2-6-11-15;1-8(2)10-6-5-7-11(9(3)4)12(10)13;1-10(2,3)9-7-5-4-6-8-9;1-3(2,8)4(5,6)7;/h1-13,19H;5-9H,1-4H3;1,4-8H,2-3H3;8H,1-2H3;. The van der Waals surface area contributed by atoms with Gasteiger partial charge >= 0.3 is 162 Å². The summed E-state index contributed by atoms with van der Waals surface area (Å²) in [4.78, 5) is 0. The van der Waals surface area contributed by atoms with E-state index in [0.717, 1.165) is 22.3 Å². The van der Waals surface area contributed by atoms with Crippen LogP contribution in [-0.4, -0.2) is 26.4 Å². The van der Waals surface area contributed by atoms with E-state index in [4.69, 9.17) is 8.60 Å². The second-order valence-corrected chi connectivity index (χ2v) is 15.5. The van der Waals surface area contributed by atoms with Gasteiger partial charge in [0.1, 0.15) is 5.75 Å². The molecular weight excluding hydrogens is 727 g/mol. The Kier molecular flexibility index (Phi) is 15.0. The fourth-order valence-corrected chi connectivity index (χ4v) is 6.90. The van der Waals surface area contributed by atoms with Gasteiger partial charge in [0.2, 0.25) is 0 Å². The van der Waals surface area contributed by atoms with E-state index in [1.54, 1.807) is 0 Å². The molecule has 0 bridgehead atoms. The van der Waals surface area contributed by atoms with Crippen molar-refractivity contribution in [2.75, 3.05) is 0 Å². The molecule has 0 saturated heterocycles. The first-order chi connectivity index (χ1) is 23.9. The molecule has 270 valence electrons. The predicted octanol–water partition coefficient (Wildman–Crippen LogP) is 12.7. The Morgan fingerprint density at radius 3 is 1.33 bits per heavy atom. The van der Waals surface area contributed by atoms with E-state index in [1.165, 1.54) is 22.4 Å². The Morgan fingerprint density at radius 2 is 0.961 bits per heavy atom. The van der Waals surface area contributed by atoms with Crippen molar-refractivity contribution in [2.45, 2.75) is 84.4 Å². The molecule has 5 aromatic carbocycles. The largest absolute Gasteiger partial charge is 0.507 e. The van der Waals surface area contributed by atoms with Gasteiger partial charge in [-0.1, -0.05) is 78.9 Å². The third-order valence-electron chi connectivity index (χ3n) is 8.25. The zero-order chi connectivity index (χ0) is 37.8. The molecule has 0 atom stereocenters. The maximum absolute atomic E-state index is 11.3. The molecule has 0 fully saturated rings. The molecular formula is C44H50F3MoNO2. The smallest absolute Gasteiger partial charge is 0.131 e. The van der Waals surface area contributed by atoms with E-state index in [2.05, 4.69) is 94.5 Å². The van der Waals surface area contributed by atoms with Gasteiger partial charge in [0.25, 0.3) is 0 Å². The van der Waals surface area contributed by atoms with Gasteiger partial charge in [0.15, 0.2) is 5.60 Å². The zero-order valence-corrected chi connectivity index (χ0v) is 32.7. The molecule has 0 aliphatic rings. The molecule has 0 aliphatic heterocycles. The molecule has 3 nitrogen and oxygen atoms in total. The first kappa shape index (κ1) is 41.4. The van der Waals surface area contributed by atoms with Gasteiger partial charge in [0.05, 0.1) is 0 Å². The molecule has 0 aromatic heterocycles. The molecule has 0 heterocycles. The number of phenols is 1. The molecule has 0 amide bonds. The van der Waals surface area contributed by atoms with Crippen LogP contribution in [0.2, 0.25) is 0 Å². The molecule has 0 aliphatic carbocycles. The van der Waals surface area contributed by atoms with Crippen molar-refractivity contribution >= 4 is 10.1 Å². The molecule has 51 heavy (non-hydrogen) atoms. The van der Waals surface area contributed by atoms with Crippen molar-refractivity contribution < 1.29 is 41.3 Å². The molecule has 2 N–H and O–H groups in total. The maximum atomic E-state index is 11.3. The number of aromatic hydroxyl groups is 1. The summed E-state index contributed by atoms with van der Waals surface area (Å²) in [6.07, 6.45) is -4.51. The van der Waals surface area contributed by atoms with E-state index in [1.807, 2.05) is 78.9 Å². The predicted molar refractivity (Wildman–Crippen MR) is 204 cm³/mol. The SMILES string of the molecule is CC(C)(O)C(F)(F)F.CC(C)c1cccc(C(C)C)c1[N]=[Mo]=[CH]C(C)(C)c1ccccc1.Oc1c(-c2ccccc2)cccc1-c1ccccc1. The van der Waals surface area contributed by atoms with Crippen molar-refractivity contribution in [3.05, 3.63) is 144 Å². The van der Waals surface area contributed by atoms with Crippen LogP contribution in [0.3, 0.4) is 0 Å². The fourth-order valence-electron chi connectivity index (χ4n) is 5.01. The van der Waals surface area contributed by atoms with Crippen molar-refractivity contribution in [1.29, 1.82) is 0 Å². The Bertz CT molecular complexity index is 1780. The van der Waals surface area contributed by atoms with Crippen molar-refractivity contribution in [1.82, 2.24) is 0 Å². The maximum Gasteiger partial charge on any atom is 0.131 e. The number of rotatable bonds is 7. The first-order valence-electron chi connectivity index (χ1n) is 17.1. The summed E-state index contributed by atoms with van der Waals surface area (Å²) in [5, 5.41) is 18.7. The van der Waals surface area contributed by atoms with Crippen LogP contribution in [0.15, 0.2) is 131 Å². The van der Waals surface area contributed by atoms with E-state index in [9.17, 15) is 18.3 Å². The Hall–Kier alpha value is -3.99. The average molecular weight is 778 g/mol. The van der Waals surface area contributed by atoms with E-state index < -0.39 is 29.7 Å². The van der Waals surface area contributed by atoms with Gasteiger partial charge in [-0.2, -0.15) is 13.2 Å². The second-order valence-electron chi connectivity index (χ2n) is 14.0. The van der Waals surface area contributed by atoms with Crippen LogP contribution >= 0.6 is 0 Å². The van der Waals surface area contributed by atoms with Crippen molar-refractivity contribution in [3.8, 4) is 28.0 Å². The summed E-state index contributed by atoms with van der Waals surface area (Å²) in [5.74, 6) is 1.36. The number of hydrogen-bond donors (Lipinski definition) is 2. The number of hydrogen-bond acceptors (Lipinski definition) is 3. The van der Waals surface area contributed by atoms with Crippen LogP contribution in [0.25, 0.3) is 22.3 Å². The Balaban J connectivity index is 0.000000231. The van der Waals surface area contributed by atoms with Crippen molar-refractivity contribution in [2.24, 2.45) is 3.50 Å². The molecule has 0 spiro atoms. The van der Waals surface area contributed by atoms with Gasteiger partial charge in [-0.25, -0.2) is 0 Å². The molecule has 5 rings (SSSR count). The summed E-state index contributed by atoms with van der Waals surface area (Å²) in [7, 11) is 0. The van der Waals surface area contributed by atoms with Crippen LogP contribution < -0.4 is 0 Å². The van der Waals surface area contributed by atoms with E-state index in [0.29, 0.717) is 31.4 Å². The normalized spacial score (nSPS) is 11.6. The summed E-state index contributed by atoms with van der Waals surface area (Å²) < 4.78 is 41.5. The van der Waals surface area contributed by atoms with Crippen LogP contribution in [0, 0.1) is 0 Å². The van der Waals surface area contributed by atoms with Gasteiger partial charge in [0, 0.05) is 11.1 Å². The molecule has 5 aromatic rings. The average Bonchev–Trinajstić information content (AvgIpc) is 3.09. The van der Waals surface area contributed by atoms with Gasteiger partial charge in [-0.3, -0.25) is 0 Å². The summed E-state index contributed by atoms with van der Waals surface area (Å²) in [5.41, 5.74) is 6.69. The zero-order valence-electron chi connectivity index (χ0n) is 30.7.